The van der Waals surface area contributed by atoms with Crippen molar-refractivity contribution in [3.05, 3.63) is 122 Å². The van der Waals surface area contributed by atoms with Crippen molar-refractivity contribution in [2.75, 3.05) is 13.2 Å². The summed E-state index contributed by atoms with van der Waals surface area (Å²) in [5, 5.41) is 56.9. The SMILES string of the molecule is CC/C=C\C/C=C\C/C=C\C/C=C\C/C=C\CCCCCCCC(=O)OC1C(OCC(NC(=O)C(O)CCCC/C=C\C/C=C\C/C=C\C/C=C\CCCCC)C(O)/C=C/CCCCCCCCCCC)OC(CO)C(O)C1O. The molecule has 0 aromatic carbocycles. The molecule has 6 N–H and O–H groups in total. The maximum atomic E-state index is 13.4. The van der Waals surface area contributed by atoms with Crippen molar-refractivity contribution >= 4 is 11.9 Å². The van der Waals surface area contributed by atoms with Crippen molar-refractivity contribution in [2.24, 2.45) is 0 Å². The van der Waals surface area contributed by atoms with E-state index in [1.54, 1.807) is 6.08 Å². The average Bonchev–Trinajstić information content (AvgIpc) is 3.47. The molecule has 0 aliphatic carbocycles. The molecular formula is C68H113NO10. The minimum atomic E-state index is -1.64. The summed E-state index contributed by atoms with van der Waals surface area (Å²) >= 11 is 0. The number of unbranched alkanes of at least 4 members (excludes halogenated alkanes) is 19. The van der Waals surface area contributed by atoms with E-state index in [-0.39, 0.29) is 19.4 Å². The summed E-state index contributed by atoms with van der Waals surface area (Å²) < 4.78 is 17.6. The van der Waals surface area contributed by atoms with Crippen LogP contribution in [0, 0.1) is 0 Å². The predicted octanol–water partition coefficient (Wildman–Crippen LogP) is 15.1. The van der Waals surface area contributed by atoms with E-state index in [4.69, 9.17) is 14.2 Å². The van der Waals surface area contributed by atoms with Crippen molar-refractivity contribution in [3.63, 3.8) is 0 Å². The van der Waals surface area contributed by atoms with Crippen LogP contribution in [0.3, 0.4) is 0 Å². The second-order valence-corrected chi connectivity index (χ2v) is 21.0. The molecule has 8 unspecified atom stereocenters. The third-order valence-electron chi connectivity index (χ3n) is 13.8. The molecule has 11 nitrogen and oxygen atoms in total. The maximum absolute atomic E-state index is 13.4. The van der Waals surface area contributed by atoms with Gasteiger partial charge in [0.2, 0.25) is 5.91 Å². The van der Waals surface area contributed by atoms with Gasteiger partial charge in [-0.05, 0) is 116 Å². The number of ether oxygens (including phenoxy) is 3. The van der Waals surface area contributed by atoms with Crippen LogP contribution in [-0.4, -0.2) is 99.6 Å². The average molecular weight is 1100 g/mol. The van der Waals surface area contributed by atoms with Gasteiger partial charge in [-0.1, -0.05) is 232 Å². The number of nitrogens with one attached hydrogen (secondary N) is 1. The van der Waals surface area contributed by atoms with Gasteiger partial charge in [0, 0.05) is 6.42 Å². The van der Waals surface area contributed by atoms with Gasteiger partial charge in [-0.2, -0.15) is 0 Å². The highest BCUT2D eigenvalue weighted by molar-refractivity contribution is 5.80. The molecule has 1 fully saturated rings. The number of hydrogen-bond donors (Lipinski definition) is 6. The molecular weight excluding hydrogens is 991 g/mol. The van der Waals surface area contributed by atoms with Crippen LogP contribution in [0.5, 0.6) is 0 Å². The summed E-state index contributed by atoms with van der Waals surface area (Å²) in [6, 6.07) is -1.05. The molecule has 0 spiro atoms. The van der Waals surface area contributed by atoms with Crippen LogP contribution in [0.25, 0.3) is 0 Å². The highest BCUT2D eigenvalue weighted by Gasteiger charge is 2.47. The molecule has 0 saturated carbocycles. The molecule has 1 rings (SSSR count). The Bertz CT molecular complexity index is 1740. The van der Waals surface area contributed by atoms with Gasteiger partial charge in [0.1, 0.15) is 24.4 Å². The second-order valence-electron chi connectivity index (χ2n) is 21.0. The maximum Gasteiger partial charge on any atom is 0.306 e. The van der Waals surface area contributed by atoms with Crippen molar-refractivity contribution in [1.82, 2.24) is 5.32 Å². The van der Waals surface area contributed by atoms with E-state index in [2.05, 4.69) is 135 Å². The first-order valence-electron chi connectivity index (χ1n) is 31.3. The van der Waals surface area contributed by atoms with E-state index in [0.717, 1.165) is 128 Å². The lowest BCUT2D eigenvalue weighted by Gasteiger charge is -2.41. The second kappa shape index (κ2) is 54.6. The van der Waals surface area contributed by atoms with E-state index in [0.29, 0.717) is 12.8 Å². The highest BCUT2D eigenvalue weighted by atomic mass is 16.7. The quantitative estimate of drug-likeness (QED) is 0.0195. The number of esters is 1. The number of amides is 1. The van der Waals surface area contributed by atoms with Crippen LogP contribution in [0.15, 0.2) is 122 Å². The van der Waals surface area contributed by atoms with E-state index in [9.17, 15) is 35.1 Å². The number of aliphatic hydroxyl groups is 5. The standard InChI is InChI=1S/C68H113NO10/c1-4-7-10-13-16-19-22-24-26-28-30-31-32-34-36-38-41-44-47-50-53-56-63(73)79-66-65(75)64(74)62(57-70)78-68(66)77-58-59(60(71)54-51-48-45-42-39-21-18-15-12-9-6-3)69-67(76)61(72)55-52-49-46-43-40-37-35-33-29-27-25-23-20-17-14-11-8-5-2/h7,10,16-17,19-20,24-27,30-31,33-36,40,43,51,54,59-62,64-66,68,70-72,74-75H,4-6,8-9,11-15,18,21-23,28-29,32,37-39,41-42,44-50,52-53,55-58H2,1-3H3,(H,69,76)/b10-7-,19-16-,20-17-,26-24-,27-25-,31-30-,35-33-,36-34-,43-40-,54-51+. The number of hydrogen-bond acceptors (Lipinski definition) is 10. The van der Waals surface area contributed by atoms with E-state index >= 15 is 0 Å². The molecule has 0 aromatic rings. The molecule has 0 bridgehead atoms. The minimum Gasteiger partial charge on any atom is -0.454 e. The molecule has 79 heavy (non-hydrogen) atoms. The summed E-state index contributed by atoms with van der Waals surface area (Å²) in [6.45, 7) is 5.59. The Morgan fingerprint density at radius 1 is 0.506 bits per heavy atom. The summed E-state index contributed by atoms with van der Waals surface area (Å²) in [4.78, 5) is 26.5. The molecule has 0 aromatic heterocycles. The Morgan fingerprint density at radius 2 is 0.911 bits per heavy atom. The van der Waals surface area contributed by atoms with Gasteiger partial charge in [-0.25, -0.2) is 0 Å². The Hall–Kier alpha value is -3.94. The lowest BCUT2D eigenvalue weighted by Crippen LogP contribution is -2.61. The summed E-state index contributed by atoms with van der Waals surface area (Å²) in [7, 11) is 0. The highest BCUT2D eigenvalue weighted by Crippen LogP contribution is 2.26. The van der Waals surface area contributed by atoms with Gasteiger partial charge >= 0.3 is 5.97 Å². The fourth-order valence-corrected chi connectivity index (χ4v) is 8.89. The normalized spacial score (nSPS) is 19.7. The molecule has 1 saturated heterocycles. The van der Waals surface area contributed by atoms with Crippen LogP contribution in [0.4, 0.5) is 0 Å². The molecule has 0 radical (unpaired) electrons. The van der Waals surface area contributed by atoms with Crippen LogP contribution in [-0.2, 0) is 23.8 Å². The molecule has 11 heteroatoms. The molecule has 1 amide bonds. The zero-order chi connectivity index (χ0) is 57.5. The lowest BCUT2D eigenvalue weighted by molar-refractivity contribution is -0.305. The molecule has 450 valence electrons. The number of carbonyl (C=O) groups is 2. The molecule has 8 atom stereocenters. The smallest absolute Gasteiger partial charge is 0.306 e. The van der Waals surface area contributed by atoms with E-state index < -0.39 is 67.4 Å². The van der Waals surface area contributed by atoms with Crippen molar-refractivity contribution in [2.45, 2.75) is 282 Å². The van der Waals surface area contributed by atoms with Crippen LogP contribution in [0.2, 0.25) is 0 Å². The Kier molecular flexibility index (Phi) is 50.5. The van der Waals surface area contributed by atoms with E-state index in [1.165, 1.54) is 57.8 Å². The topological polar surface area (TPSA) is 175 Å². The number of carbonyl (C=O) groups excluding carboxylic acids is 2. The third kappa shape index (κ3) is 42.6. The van der Waals surface area contributed by atoms with Crippen LogP contribution < -0.4 is 5.32 Å². The molecule has 1 heterocycles. The predicted molar refractivity (Wildman–Crippen MR) is 328 cm³/mol. The largest absolute Gasteiger partial charge is 0.454 e. The monoisotopic (exact) mass is 1100 g/mol. The van der Waals surface area contributed by atoms with Gasteiger partial charge in [0.05, 0.1) is 25.4 Å². The van der Waals surface area contributed by atoms with Crippen molar-refractivity contribution in [3.8, 4) is 0 Å². The Balaban J connectivity index is 2.70. The number of aliphatic hydroxyl groups excluding tert-OH is 5. The van der Waals surface area contributed by atoms with Crippen molar-refractivity contribution in [1.29, 1.82) is 0 Å². The van der Waals surface area contributed by atoms with Crippen molar-refractivity contribution < 1.29 is 49.3 Å². The first-order valence-corrected chi connectivity index (χ1v) is 31.3. The van der Waals surface area contributed by atoms with Gasteiger partial charge in [-0.3, -0.25) is 9.59 Å². The Morgan fingerprint density at radius 3 is 1.39 bits per heavy atom. The summed E-state index contributed by atoms with van der Waals surface area (Å²) in [5.74, 6) is -1.26. The number of rotatable bonds is 51. The van der Waals surface area contributed by atoms with Crippen LogP contribution >= 0.6 is 0 Å². The summed E-state index contributed by atoms with van der Waals surface area (Å²) in [5.41, 5.74) is 0. The number of allylic oxidation sites excluding steroid dienone is 19. The minimum absolute atomic E-state index is 0.0901. The lowest BCUT2D eigenvalue weighted by atomic mass is 9.99. The zero-order valence-corrected chi connectivity index (χ0v) is 49.7. The fraction of sp³-hybridized carbons (Fsp3) is 0.676. The van der Waals surface area contributed by atoms with Crippen LogP contribution in [0.1, 0.15) is 233 Å². The van der Waals surface area contributed by atoms with Gasteiger partial charge < -0.3 is 45.1 Å². The Labute approximate surface area is 480 Å². The molecule has 1 aliphatic heterocycles. The zero-order valence-electron chi connectivity index (χ0n) is 49.7. The summed E-state index contributed by atoms with van der Waals surface area (Å²) in [6.07, 6.45) is 65.2. The molecule has 1 aliphatic rings. The van der Waals surface area contributed by atoms with Gasteiger partial charge in [-0.15, -0.1) is 0 Å². The third-order valence-corrected chi connectivity index (χ3v) is 13.8. The van der Waals surface area contributed by atoms with Gasteiger partial charge in [0.25, 0.3) is 0 Å². The first kappa shape index (κ1) is 73.1. The van der Waals surface area contributed by atoms with Gasteiger partial charge in [0.15, 0.2) is 12.4 Å². The first-order chi connectivity index (χ1) is 38.7. The van der Waals surface area contributed by atoms with E-state index in [1.807, 2.05) is 6.08 Å². The fourth-order valence-electron chi connectivity index (χ4n) is 8.89.